The number of allylic oxidation sites excluding steroid dienone is 2. The molecule has 126 valence electrons. The first kappa shape index (κ1) is 16.6. The van der Waals surface area contributed by atoms with Gasteiger partial charge in [-0.25, -0.2) is 18.7 Å². The second-order valence-corrected chi connectivity index (χ2v) is 6.12. The summed E-state index contributed by atoms with van der Waals surface area (Å²) in [6, 6.07) is 0.996. The van der Waals surface area contributed by atoms with Crippen LogP contribution in [0.2, 0.25) is 5.15 Å². The van der Waals surface area contributed by atoms with Crippen LogP contribution in [0.15, 0.2) is 26.3 Å². The van der Waals surface area contributed by atoms with Gasteiger partial charge in [0.25, 0.3) is 5.56 Å². The molecular formula is C16H16ClFN4O2. The van der Waals surface area contributed by atoms with Crippen molar-refractivity contribution < 1.29 is 4.39 Å². The van der Waals surface area contributed by atoms with Crippen LogP contribution in [-0.4, -0.2) is 20.7 Å². The Morgan fingerprint density at radius 2 is 2.21 bits per heavy atom. The third kappa shape index (κ3) is 2.69. The number of aliphatic imine (C=N–C) groups is 1. The molecule has 1 aliphatic rings. The molecule has 8 heteroatoms. The lowest BCUT2D eigenvalue weighted by atomic mass is 9.98. The summed E-state index contributed by atoms with van der Waals surface area (Å²) in [4.78, 5) is 35.1. The highest BCUT2D eigenvalue weighted by atomic mass is 35.5. The SMILES string of the molecule is CCCC1=C(n2c(=O)[nH]c(=O)c3cc(F)c(Cl)nc32)[C@@H](C)CC=N1. The van der Waals surface area contributed by atoms with Crippen molar-refractivity contribution in [2.75, 3.05) is 0 Å². The molecule has 0 saturated carbocycles. The smallest absolute Gasteiger partial charge is 0.273 e. The molecule has 6 nitrogen and oxygen atoms in total. The van der Waals surface area contributed by atoms with Crippen molar-refractivity contribution in [2.45, 2.75) is 33.1 Å². The summed E-state index contributed by atoms with van der Waals surface area (Å²) in [6.45, 7) is 3.97. The van der Waals surface area contributed by atoms with Crippen molar-refractivity contribution in [2.24, 2.45) is 10.9 Å². The highest BCUT2D eigenvalue weighted by Crippen LogP contribution is 2.30. The van der Waals surface area contributed by atoms with E-state index in [1.165, 1.54) is 4.57 Å². The van der Waals surface area contributed by atoms with Gasteiger partial charge in [-0.05, 0) is 18.9 Å². The van der Waals surface area contributed by atoms with Gasteiger partial charge in [-0.1, -0.05) is 31.9 Å². The van der Waals surface area contributed by atoms with Crippen LogP contribution in [0.4, 0.5) is 4.39 Å². The molecular weight excluding hydrogens is 335 g/mol. The van der Waals surface area contributed by atoms with Crippen molar-refractivity contribution in [3.8, 4) is 0 Å². The van der Waals surface area contributed by atoms with Crippen LogP contribution < -0.4 is 11.2 Å². The predicted molar refractivity (Wildman–Crippen MR) is 92.0 cm³/mol. The summed E-state index contributed by atoms with van der Waals surface area (Å²) in [5, 5.41) is -0.410. The van der Waals surface area contributed by atoms with Crippen molar-refractivity contribution in [3.63, 3.8) is 0 Å². The van der Waals surface area contributed by atoms with E-state index in [0.29, 0.717) is 18.5 Å². The Morgan fingerprint density at radius 3 is 2.92 bits per heavy atom. The first-order valence-corrected chi connectivity index (χ1v) is 8.08. The zero-order chi connectivity index (χ0) is 17.4. The number of pyridine rings is 1. The lowest BCUT2D eigenvalue weighted by Gasteiger charge is -2.23. The van der Waals surface area contributed by atoms with Crippen LogP contribution in [0.1, 0.15) is 33.1 Å². The molecule has 0 aliphatic carbocycles. The highest BCUT2D eigenvalue weighted by Gasteiger charge is 2.23. The Kier molecular flexibility index (Phi) is 4.36. The quantitative estimate of drug-likeness (QED) is 0.864. The Morgan fingerprint density at radius 1 is 1.46 bits per heavy atom. The summed E-state index contributed by atoms with van der Waals surface area (Å²) in [6.07, 6.45) is 4.00. The van der Waals surface area contributed by atoms with Gasteiger partial charge in [0.2, 0.25) is 0 Å². The molecule has 1 N–H and O–H groups in total. The summed E-state index contributed by atoms with van der Waals surface area (Å²) >= 11 is 5.78. The Hall–Kier alpha value is -2.28. The fourth-order valence-corrected chi connectivity index (χ4v) is 3.03. The number of hydrogen-bond donors (Lipinski definition) is 1. The molecule has 0 fully saturated rings. The van der Waals surface area contributed by atoms with Crippen LogP contribution in [-0.2, 0) is 0 Å². The van der Waals surface area contributed by atoms with Gasteiger partial charge < -0.3 is 0 Å². The van der Waals surface area contributed by atoms with E-state index in [1.54, 1.807) is 0 Å². The lowest BCUT2D eigenvalue weighted by Crippen LogP contribution is -2.33. The van der Waals surface area contributed by atoms with Crippen molar-refractivity contribution in [1.82, 2.24) is 14.5 Å². The van der Waals surface area contributed by atoms with Gasteiger partial charge in [-0.3, -0.25) is 14.8 Å². The maximum atomic E-state index is 13.7. The largest absolute Gasteiger partial charge is 0.334 e. The van der Waals surface area contributed by atoms with E-state index in [2.05, 4.69) is 15.0 Å². The number of hydrogen-bond acceptors (Lipinski definition) is 4. The van der Waals surface area contributed by atoms with Gasteiger partial charge in [0.05, 0.1) is 16.8 Å². The fraction of sp³-hybridized carbons (Fsp3) is 0.375. The molecule has 0 spiro atoms. The van der Waals surface area contributed by atoms with E-state index < -0.39 is 17.1 Å². The number of rotatable bonds is 3. The molecule has 2 aromatic heterocycles. The van der Waals surface area contributed by atoms with Crippen molar-refractivity contribution in [3.05, 3.63) is 43.6 Å². The minimum Gasteiger partial charge on any atom is -0.273 e. The molecule has 0 saturated heterocycles. The molecule has 2 aromatic rings. The fourth-order valence-electron chi connectivity index (χ4n) is 2.90. The molecule has 24 heavy (non-hydrogen) atoms. The molecule has 0 aromatic carbocycles. The normalized spacial score (nSPS) is 17.8. The number of nitrogens with zero attached hydrogens (tertiary/aromatic N) is 3. The predicted octanol–water partition coefficient (Wildman–Crippen LogP) is 2.96. The number of nitrogens with one attached hydrogen (secondary N) is 1. The van der Waals surface area contributed by atoms with Crippen LogP contribution in [0.3, 0.4) is 0 Å². The van der Waals surface area contributed by atoms with Gasteiger partial charge in [0, 0.05) is 12.1 Å². The topological polar surface area (TPSA) is 80.1 Å². The first-order valence-electron chi connectivity index (χ1n) is 7.71. The molecule has 0 unspecified atom stereocenters. The average molecular weight is 351 g/mol. The summed E-state index contributed by atoms with van der Waals surface area (Å²) in [7, 11) is 0. The van der Waals surface area contributed by atoms with E-state index in [1.807, 2.05) is 20.1 Å². The van der Waals surface area contributed by atoms with Gasteiger partial charge in [0.15, 0.2) is 16.6 Å². The van der Waals surface area contributed by atoms with E-state index in [-0.39, 0.29) is 22.1 Å². The first-order chi connectivity index (χ1) is 11.4. The molecule has 0 radical (unpaired) electrons. The minimum atomic E-state index is -0.808. The van der Waals surface area contributed by atoms with E-state index >= 15 is 0 Å². The molecule has 0 amide bonds. The lowest BCUT2D eigenvalue weighted by molar-refractivity contribution is 0.623. The summed E-state index contributed by atoms with van der Waals surface area (Å²) < 4.78 is 15.0. The van der Waals surface area contributed by atoms with Gasteiger partial charge in [-0.15, -0.1) is 0 Å². The summed E-state index contributed by atoms with van der Waals surface area (Å²) in [5.74, 6) is -0.807. The Bertz CT molecular complexity index is 990. The summed E-state index contributed by atoms with van der Waals surface area (Å²) in [5.41, 5.74) is 0.145. The van der Waals surface area contributed by atoms with Crippen LogP contribution in [0, 0.1) is 11.7 Å². The highest BCUT2D eigenvalue weighted by molar-refractivity contribution is 6.29. The number of fused-ring (bicyclic) bond motifs is 1. The van der Waals surface area contributed by atoms with Gasteiger partial charge >= 0.3 is 5.69 Å². The number of aromatic nitrogens is 3. The molecule has 3 rings (SSSR count). The van der Waals surface area contributed by atoms with Crippen LogP contribution in [0.5, 0.6) is 0 Å². The number of aromatic amines is 1. The minimum absolute atomic E-state index is 0.00137. The molecule has 1 aliphatic heterocycles. The third-order valence-corrected chi connectivity index (χ3v) is 4.25. The van der Waals surface area contributed by atoms with Crippen molar-refractivity contribution in [1.29, 1.82) is 0 Å². The number of H-pyrrole nitrogens is 1. The van der Waals surface area contributed by atoms with E-state index in [9.17, 15) is 14.0 Å². The van der Waals surface area contributed by atoms with Gasteiger partial charge in [0.1, 0.15) is 0 Å². The average Bonchev–Trinajstić information content (AvgIpc) is 2.52. The van der Waals surface area contributed by atoms with Crippen LogP contribution >= 0.6 is 11.6 Å². The maximum Gasteiger partial charge on any atom is 0.334 e. The molecule has 0 bridgehead atoms. The maximum absolute atomic E-state index is 13.7. The second-order valence-electron chi connectivity index (χ2n) is 5.76. The van der Waals surface area contributed by atoms with E-state index in [4.69, 9.17) is 11.6 Å². The molecule has 3 heterocycles. The van der Waals surface area contributed by atoms with E-state index in [0.717, 1.165) is 18.2 Å². The standard InChI is InChI=1S/C16H16ClFN4O2/c1-3-4-11-12(8(2)5-6-19-11)22-14-9(15(23)21-16(22)24)7-10(18)13(17)20-14/h6-8H,3-5H2,1-2H3,(H,21,23,24)/t8-/m0/s1. The second kappa shape index (κ2) is 6.32. The third-order valence-electron chi connectivity index (χ3n) is 3.99. The zero-order valence-electron chi connectivity index (χ0n) is 13.3. The monoisotopic (exact) mass is 350 g/mol. The zero-order valence-corrected chi connectivity index (χ0v) is 14.0. The van der Waals surface area contributed by atoms with Crippen LogP contribution in [0.25, 0.3) is 16.7 Å². The Labute approximate surface area is 141 Å². The molecule has 1 atom stereocenters. The van der Waals surface area contributed by atoms with Gasteiger partial charge in [-0.2, -0.15) is 0 Å². The van der Waals surface area contributed by atoms with Crippen molar-refractivity contribution >= 4 is 34.5 Å². The number of halogens is 2. The Balaban J connectivity index is 2.45.